The molecule has 1 heterocycles. The summed E-state index contributed by atoms with van der Waals surface area (Å²) in [5, 5.41) is 56.9. The van der Waals surface area contributed by atoms with Crippen LogP contribution in [0.15, 0.2) is 36.5 Å². The molecule has 1 amide bonds. The molecule has 8 atom stereocenters. The molecule has 1 aliphatic heterocycles. The number of carbonyl (C=O) groups is 2. The van der Waals surface area contributed by atoms with Gasteiger partial charge in [-0.2, -0.15) is 0 Å². The summed E-state index contributed by atoms with van der Waals surface area (Å²) in [5.41, 5.74) is 0. The normalized spacial score (nSPS) is 19.4. The number of nitrogens with one attached hydrogen (secondary N) is 1. The lowest BCUT2D eigenvalue weighted by atomic mass is 9.99. The van der Waals surface area contributed by atoms with Crippen molar-refractivity contribution in [3.8, 4) is 0 Å². The zero-order chi connectivity index (χ0) is 54.7. The number of hydrogen-bond donors (Lipinski definition) is 6. The molecule has 0 aliphatic carbocycles. The summed E-state index contributed by atoms with van der Waals surface area (Å²) < 4.78 is 17.6. The minimum Gasteiger partial charge on any atom is -0.454 e. The van der Waals surface area contributed by atoms with E-state index in [9.17, 15) is 35.1 Å². The van der Waals surface area contributed by atoms with Crippen LogP contribution >= 0.6 is 0 Å². The number of hydrogen-bond acceptors (Lipinski definition) is 10. The van der Waals surface area contributed by atoms with E-state index in [4.69, 9.17) is 14.2 Å². The van der Waals surface area contributed by atoms with Gasteiger partial charge < -0.3 is 45.1 Å². The molecule has 11 heteroatoms. The van der Waals surface area contributed by atoms with Crippen molar-refractivity contribution in [1.29, 1.82) is 0 Å². The third kappa shape index (κ3) is 40.7. The highest BCUT2D eigenvalue weighted by Gasteiger charge is 2.47. The Morgan fingerprint density at radius 3 is 1.39 bits per heavy atom. The number of amides is 1. The van der Waals surface area contributed by atoms with E-state index in [0.717, 1.165) is 64.2 Å². The third-order valence-electron chi connectivity index (χ3n) is 15.0. The molecule has 0 spiro atoms. The molecular weight excluding hydrogens is 943 g/mol. The lowest BCUT2D eigenvalue weighted by Gasteiger charge is -2.41. The fourth-order valence-corrected chi connectivity index (χ4v) is 9.98. The maximum Gasteiger partial charge on any atom is 0.306 e. The van der Waals surface area contributed by atoms with Gasteiger partial charge in [-0.3, -0.25) is 9.59 Å². The van der Waals surface area contributed by atoms with Crippen LogP contribution < -0.4 is 5.32 Å². The highest BCUT2D eigenvalue weighted by molar-refractivity contribution is 5.80. The van der Waals surface area contributed by atoms with Crippen molar-refractivity contribution in [3.63, 3.8) is 0 Å². The van der Waals surface area contributed by atoms with Crippen LogP contribution in [0.2, 0.25) is 0 Å². The van der Waals surface area contributed by atoms with Crippen molar-refractivity contribution < 1.29 is 49.3 Å². The summed E-state index contributed by atoms with van der Waals surface area (Å²) >= 11 is 0. The Morgan fingerprint density at radius 2 is 0.920 bits per heavy atom. The first kappa shape index (κ1) is 70.9. The fourth-order valence-electron chi connectivity index (χ4n) is 9.98. The Kier molecular flexibility index (Phi) is 49.7. The molecule has 0 aromatic rings. The van der Waals surface area contributed by atoms with Gasteiger partial charge in [0.15, 0.2) is 12.4 Å². The number of ether oxygens (including phenoxy) is 3. The van der Waals surface area contributed by atoms with E-state index in [1.807, 2.05) is 6.08 Å². The van der Waals surface area contributed by atoms with Gasteiger partial charge >= 0.3 is 5.97 Å². The predicted octanol–water partition coefficient (Wildman–Crippen LogP) is 15.1. The van der Waals surface area contributed by atoms with Crippen molar-refractivity contribution in [3.05, 3.63) is 36.5 Å². The number of aliphatic hydroxyl groups is 5. The minimum atomic E-state index is -1.61. The van der Waals surface area contributed by atoms with E-state index in [1.54, 1.807) is 6.08 Å². The Bertz CT molecular complexity index is 1360. The summed E-state index contributed by atoms with van der Waals surface area (Å²) in [6.07, 6.45) is 51.9. The first-order valence-electron chi connectivity index (χ1n) is 31.8. The molecule has 1 rings (SSSR count). The van der Waals surface area contributed by atoms with Gasteiger partial charge in [-0.05, 0) is 57.8 Å². The molecule has 1 aliphatic rings. The molecule has 11 nitrogen and oxygen atoms in total. The Morgan fingerprint density at radius 1 is 0.520 bits per heavy atom. The van der Waals surface area contributed by atoms with Crippen LogP contribution in [0.4, 0.5) is 0 Å². The Hall–Kier alpha value is -2.12. The molecule has 75 heavy (non-hydrogen) atoms. The number of unbranched alkanes of at least 4 members (excludes halogenated alkanes) is 36. The average Bonchev–Trinajstić information content (AvgIpc) is 3.41. The molecule has 6 N–H and O–H groups in total. The highest BCUT2D eigenvalue weighted by atomic mass is 16.7. The van der Waals surface area contributed by atoms with Crippen LogP contribution in [-0.4, -0.2) is 99.6 Å². The maximum atomic E-state index is 13.4. The molecule has 0 saturated carbocycles. The van der Waals surface area contributed by atoms with Gasteiger partial charge in [0.05, 0.1) is 25.4 Å². The molecule has 0 radical (unpaired) electrons. The van der Waals surface area contributed by atoms with Gasteiger partial charge in [0.1, 0.15) is 24.4 Å². The van der Waals surface area contributed by atoms with Gasteiger partial charge in [-0.15, -0.1) is 0 Å². The SMILES string of the molecule is CCCCC/C=C\C/C=C\CCCCCCCCCCCCCCCC(=O)OC1C(OCC(NC(=O)C(O)CCCCCCCCCCCCCC)C(O)/C=C/CCCCCCCCCCC)OC(CO)C(O)C1O. The zero-order valence-electron chi connectivity index (χ0n) is 48.7. The van der Waals surface area contributed by atoms with Gasteiger partial charge in [-0.25, -0.2) is 0 Å². The van der Waals surface area contributed by atoms with Crippen molar-refractivity contribution in [1.82, 2.24) is 5.32 Å². The molecule has 1 fully saturated rings. The third-order valence-corrected chi connectivity index (χ3v) is 15.0. The second-order valence-electron chi connectivity index (χ2n) is 22.1. The molecule has 0 aromatic carbocycles. The van der Waals surface area contributed by atoms with E-state index in [0.29, 0.717) is 19.3 Å². The molecular formula is C64H119NO10. The summed E-state index contributed by atoms with van der Waals surface area (Å²) in [6, 6.07) is -1.02. The van der Waals surface area contributed by atoms with Gasteiger partial charge in [0.2, 0.25) is 5.91 Å². The number of aliphatic hydroxyl groups excluding tert-OH is 5. The topological polar surface area (TPSA) is 175 Å². The number of esters is 1. The first-order valence-corrected chi connectivity index (χ1v) is 31.8. The van der Waals surface area contributed by atoms with Crippen molar-refractivity contribution in [2.24, 2.45) is 0 Å². The smallest absolute Gasteiger partial charge is 0.306 e. The van der Waals surface area contributed by atoms with Gasteiger partial charge in [0, 0.05) is 6.42 Å². The summed E-state index contributed by atoms with van der Waals surface area (Å²) in [6.45, 7) is 5.77. The average molecular weight is 1060 g/mol. The predicted molar refractivity (Wildman–Crippen MR) is 311 cm³/mol. The molecule has 8 unspecified atom stereocenters. The fraction of sp³-hybridized carbons (Fsp3) is 0.875. The lowest BCUT2D eigenvalue weighted by Crippen LogP contribution is -2.61. The van der Waals surface area contributed by atoms with Gasteiger partial charge in [-0.1, -0.05) is 269 Å². The van der Waals surface area contributed by atoms with E-state index in [-0.39, 0.29) is 13.0 Å². The van der Waals surface area contributed by atoms with Crippen LogP contribution in [-0.2, 0) is 23.8 Å². The zero-order valence-corrected chi connectivity index (χ0v) is 48.7. The first-order chi connectivity index (χ1) is 36.7. The number of allylic oxidation sites excluding steroid dienone is 5. The summed E-state index contributed by atoms with van der Waals surface area (Å²) in [7, 11) is 0. The summed E-state index contributed by atoms with van der Waals surface area (Å²) in [4.78, 5) is 26.5. The van der Waals surface area contributed by atoms with Crippen molar-refractivity contribution in [2.75, 3.05) is 13.2 Å². The minimum absolute atomic E-state index is 0.126. The highest BCUT2D eigenvalue weighted by Crippen LogP contribution is 2.26. The van der Waals surface area contributed by atoms with Crippen LogP contribution in [0.5, 0.6) is 0 Å². The standard InChI is InChI=1S/C64H119NO10/c1-4-7-10-13-16-19-22-24-25-26-27-28-29-30-31-32-33-34-37-40-43-46-49-52-59(69)75-62-61(71)60(70)58(53-66)74-64(62)73-54-55(56(67)50-47-44-41-38-35-21-18-15-12-9-6-3)65-63(72)57(68)51-48-45-42-39-36-23-20-17-14-11-8-5-2/h16,19,24-25,47,50,55-58,60-62,64,66-68,70-71H,4-15,17-18,20-23,26-46,48-49,51-54H2,1-3H3,(H,65,72)/b19-16-,25-24-,50-47+. The maximum absolute atomic E-state index is 13.4. The number of carbonyl (C=O) groups excluding carboxylic acids is 2. The largest absolute Gasteiger partial charge is 0.454 e. The van der Waals surface area contributed by atoms with Crippen LogP contribution in [0.25, 0.3) is 0 Å². The summed E-state index contributed by atoms with van der Waals surface area (Å²) in [5.74, 6) is -1.18. The Labute approximate surface area is 460 Å². The van der Waals surface area contributed by atoms with E-state index >= 15 is 0 Å². The molecule has 440 valence electrons. The van der Waals surface area contributed by atoms with Gasteiger partial charge in [0.25, 0.3) is 0 Å². The second-order valence-corrected chi connectivity index (χ2v) is 22.1. The van der Waals surface area contributed by atoms with Crippen molar-refractivity contribution in [2.45, 2.75) is 346 Å². The lowest BCUT2D eigenvalue weighted by molar-refractivity contribution is -0.305. The molecule has 1 saturated heterocycles. The van der Waals surface area contributed by atoms with E-state index in [1.165, 1.54) is 186 Å². The van der Waals surface area contributed by atoms with E-state index in [2.05, 4.69) is 50.4 Å². The second kappa shape index (κ2) is 52.6. The van der Waals surface area contributed by atoms with E-state index < -0.39 is 67.4 Å². The molecule has 0 bridgehead atoms. The van der Waals surface area contributed by atoms with Crippen molar-refractivity contribution >= 4 is 11.9 Å². The number of rotatable bonds is 54. The quantitative estimate of drug-likeness (QED) is 0.0195. The monoisotopic (exact) mass is 1060 g/mol. The Balaban J connectivity index is 2.59. The van der Waals surface area contributed by atoms with Crippen LogP contribution in [0.3, 0.4) is 0 Å². The van der Waals surface area contributed by atoms with Crippen LogP contribution in [0, 0.1) is 0 Å². The van der Waals surface area contributed by atoms with Crippen LogP contribution in [0.1, 0.15) is 297 Å². The molecule has 0 aromatic heterocycles.